The average molecular weight is 280 g/mol. The standard InChI is InChI=1S/C15H24N2O3/c1-5-20-14-12(7-6-8-13(14)16)15(18)17(11(2)3)9-10-19-4/h6-8,11H,5,9-10,16H2,1-4H3. The number of benzene rings is 1. The van der Waals surface area contributed by atoms with Crippen molar-refractivity contribution in [2.45, 2.75) is 26.8 Å². The maximum Gasteiger partial charge on any atom is 0.258 e. The number of ether oxygens (including phenoxy) is 2. The minimum absolute atomic E-state index is 0.0774. The van der Waals surface area contributed by atoms with Gasteiger partial charge in [-0.1, -0.05) is 6.07 Å². The molecule has 20 heavy (non-hydrogen) atoms. The second-order valence-corrected chi connectivity index (χ2v) is 4.74. The maximum atomic E-state index is 12.7. The number of carbonyl (C=O) groups excluding carboxylic acids is 1. The number of rotatable bonds is 7. The fraction of sp³-hybridized carbons (Fsp3) is 0.533. The van der Waals surface area contributed by atoms with Crippen LogP contribution >= 0.6 is 0 Å². The number of nitrogen functional groups attached to an aromatic ring is 1. The number of nitrogens with two attached hydrogens (primary N) is 1. The van der Waals surface area contributed by atoms with Crippen molar-refractivity contribution < 1.29 is 14.3 Å². The van der Waals surface area contributed by atoms with Crippen LogP contribution in [0.25, 0.3) is 0 Å². The molecule has 5 heteroatoms. The summed E-state index contributed by atoms with van der Waals surface area (Å²) in [7, 11) is 1.62. The van der Waals surface area contributed by atoms with Crippen molar-refractivity contribution in [3.63, 3.8) is 0 Å². The Kier molecular flexibility index (Phi) is 6.31. The highest BCUT2D eigenvalue weighted by molar-refractivity contribution is 5.98. The summed E-state index contributed by atoms with van der Waals surface area (Å²) in [5.41, 5.74) is 6.88. The first kappa shape index (κ1) is 16.3. The molecule has 0 aromatic heterocycles. The lowest BCUT2D eigenvalue weighted by atomic mass is 10.1. The summed E-state index contributed by atoms with van der Waals surface area (Å²) in [5, 5.41) is 0. The van der Waals surface area contributed by atoms with E-state index in [0.717, 1.165) is 0 Å². The van der Waals surface area contributed by atoms with Gasteiger partial charge in [0.15, 0.2) is 5.75 Å². The minimum atomic E-state index is -0.0900. The van der Waals surface area contributed by atoms with Crippen LogP contribution in [-0.4, -0.2) is 43.7 Å². The van der Waals surface area contributed by atoms with Crippen LogP contribution in [0, 0.1) is 0 Å². The molecule has 5 nitrogen and oxygen atoms in total. The summed E-state index contributed by atoms with van der Waals surface area (Å²) in [4.78, 5) is 14.4. The van der Waals surface area contributed by atoms with Crippen LogP contribution in [-0.2, 0) is 4.74 Å². The molecule has 0 unspecified atom stereocenters. The normalized spacial score (nSPS) is 10.7. The maximum absolute atomic E-state index is 12.7. The molecule has 0 aliphatic rings. The lowest BCUT2D eigenvalue weighted by Crippen LogP contribution is -2.39. The first-order valence-electron chi connectivity index (χ1n) is 6.84. The van der Waals surface area contributed by atoms with E-state index in [2.05, 4.69) is 0 Å². The first-order valence-corrected chi connectivity index (χ1v) is 6.84. The van der Waals surface area contributed by atoms with Gasteiger partial charge in [0, 0.05) is 19.7 Å². The van der Waals surface area contributed by atoms with Crippen molar-refractivity contribution in [3.8, 4) is 5.75 Å². The second kappa shape index (κ2) is 7.75. The predicted octanol–water partition coefficient (Wildman–Crippen LogP) is 2.16. The Morgan fingerprint density at radius 3 is 2.65 bits per heavy atom. The molecule has 0 atom stereocenters. The van der Waals surface area contributed by atoms with E-state index in [4.69, 9.17) is 15.2 Å². The van der Waals surface area contributed by atoms with Gasteiger partial charge in [0.05, 0.1) is 24.5 Å². The number of methoxy groups -OCH3 is 1. The van der Waals surface area contributed by atoms with Gasteiger partial charge in [-0.3, -0.25) is 4.79 Å². The Bertz CT molecular complexity index is 447. The van der Waals surface area contributed by atoms with Gasteiger partial charge in [-0.05, 0) is 32.9 Å². The average Bonchev–Trinajstić information content (AvgIpc) is 2.41. The van der Waals surface area contributed by atoms with Crippen LogP contribution < -0.4 is 10.5 Å². The number of hydrogen-bond acceptors (Lipinski definition) is 4. The highest BCUT2D eigenvalue weighted by atomic mass is 16.5. The molecule has 1 rings (SSSR count). The summed E-state index contributed by atoms with van der Waals surface area (Å²) in [5.74, 6) is 0.371. The lowest BCUT2D eigenvalue weighted by molar-refractivity contribution is 0.0631. The third-order valence-corrected chi connectivity index (χ3v) is 2.99. The molecule has 1 aromatic carbocycles. The summed E-state index contributed by atoms with van der Waals surface area (Å²) < 4.78 is 10.6. The van der Waals surface area contributed by atoms with Gasteiger partial charge in [-0.2, -0.15) is 0 Å². The van der Waals surface area contributed by atoms with Gasteiger partial charge in [0.1, 0.15) is 0 Å². The Morgan fingerprint density at radius 2 is 2.10 bits per heavy atom. The largest absolute Gasteiger partial charge is 0.491 e. The molecular formula is C15H24N2O3. The monoisotopic (exact) mass is 280 g/mol. The van der Waals surface area contributed by atoms with E-state index in [1.807, 2.05) is 20.8 Å². The van der Waals surface area contributed by atoms with Crippen LogP contribution in [0.15, 0.2) is 18.2 Å². The van der Waals surface area contributed by atoms with Gasteiger partial charge in [-0.15, -0.1) is 0 Å². The van der Waals surface area contributed by atoms with Crippen molar-refractivity contribution in [1.82, 2.24) is 4.90 Å². The molecule has 0 spiro atoms. The van der Waals surface area contributed by atoms with E-state index in [9.17, 15) is 4.79 Å². The number of para-hydroxylation sites is 1. The molecule has 0 saturated carbocycles. The van der Waals surface area contributed by atoms with E-state index in [1.165, 1.54) is 0 Å². The van der Waals surface area contributed by atoms with Crippen LogP contribution in [0.5, 0.6) is 5.75 Å². The van der Waals surface area contributed by atoms with Crippen LogP contribution in [0.3, 0.4) is 0 Å². The summed E-state index contributed by atoms with van der Waals surface area (Å²) in [6, 6.07) is 5.32. The summed E-state index contributed by atoms with van der Waals surface area (Å²) in [6.07, 6.45) is 0. The zero-order valence-electron chi connectivity index (χ0n) is 12.7. The fourth-order valence-electron chi connectivity index (χ4n) is 1.97. The predicted molar refractivity (Wildman–Crippen MR) is 80.1 cm³/mol. The number of hydrogen-bond donors (Lipinski definition) is 1. The van der Waals surface area contributed by atoms with Crippen LogP contribution in [0.4, 0.5) is 5.69 Å². The molecule has 112 valence electrons. The van der Waals surface area contributed by atoms with E-state index < -0.39 is 0 Å². The van der Waals surface area contributed by atoms with E-state index >= 15 is 0 Å². The van der Waals surface area contributed by atoms with Crippen molar-refractivity contribution in [3.05, 3.63) is 23.8 Å². The molecule has 0 bridgehead atoms. The van der Waals surface area contributed by atoms with Gasteiger partial charge in [0.25, 0.3) is 5.91 Å². The van der Waals surface area contributed by atoms with Gasteiger partial charge in [0.2, 0.25) is 0 Å². The van der Waals surface area contributed by atoms with E-state index in [1.54, 1.807) is 30.2 Å². The fourth-order valence-corrected chi connectivity index (χ4v) is 1.97. The third-order valence-electron chi connectivity index (χ3n) is 2.99. The molecule has 0 heterocycles. The Labute approximate surface area is 120 Å². The Hall–Kier alpha value is -1.75. The lowest BCUT2D eigenvalue weighted by Gasteiger charge is -2.27. The molecule has 0 saturated heterocycles. The smallest absolute Gasteiger partial charge is 0.258 e. The number of carbonyl (C=O) groups is 1. The Balaban J connectivity index is 3.08. The number of anilines is 1. The van der Waals surface area contributed by atoms with Gasteiger partial charge < -0.3 is 20.1 Å². The molecular weight excluding hydrogens is 256 g/mol. The van der Waals surface area contributed by atoms with Crippen molar-refractivity contribution in [2.24, 2.45) is 0 Å². The van der Waals surface area contributed by atoms with Crippen molar-refractivity contribution in [2.75, 3.05) is 32.6 Å². The molecule has 1 aromatic rings. The molecule has 0 fully saturated rings. The molecule has 1 amide bonds. The molecule has 2 N–H and O–H groups in total. The first-order chi connectivity index (χ1) is 9.52. The van der Waals surface area contributed by atoms with Gasteiger partial charge >= 0.3 is 0 Å². The number of nitrogens with zero attached hydrogens (tertiary/aromatic N) is 1. The highest BCUT2D eigenvalue weighted by Crippen LogP contribution is 2.28. The second-order valence-electron chi connectivity index (χ2n) is 4.74. The molecule has 0 aliphatic carbocycles. The van der Waals surface area contributed by atoms with E-state index in [-0.39, 0.29) is 11.9 Å². The highest BCUT2D eigenvalue weighted by Gasteiger charge is 2.22. The zero-order chi connectivity index (χ0) is 15.1. The quantitative estimate of drug-likeness (QED) is 0.777. The summed E-state index contributed by atoms with van der Waals surface area (Å²) in [6.45, 7) is 7.31. The van der Waals surface area contributed by atoms with E-state index in [0.29, 0.717) is 36.8 Å². The number of amides is 1. The molecule has 0 aliphatic heterocycles. The van der Waals surface area contributed by atoms with Crippen molar-refractivity contribution in [1.29, 1.82) is 0 Å². The SMILES string of the molecule is CCOc1c(N)cccc1C(=O)N(CCOC)C(C)C. The van der Waals surface area contributed by atoms with Gasteiger partial charge in [-0.25, -0.2) is 0 Å². The zero-order valence-corrected chi connectivity index (χ0v) is 12.7. The summed E-state index contributed by atoms with van der Waals surface area (Å²) >= 11 is 0. The minimum Gasteiger partial charge on any atom is -0.491 e. The Morgan fingerprint density at radius 1 is 1.40 bits per heavy atom. The topological polar surface area (TPSA) is 64.8 Å². The third kappa shape index (κ3) is 3.87. The molecule has 0 radical (unpaired) electrons. The van der Waals surface area contributed by atoms with Crippen LogP contribution in [0.1, 0.15) is 31.1 Å². The van der Waals surface area contributed by atoms with Crippen LogP contribution in [0.2, 0.25) is 0 Å². The van der Waals surface area contributed by atoms with Crippen molar-refractivity contribution >= 4 is 11.6 Å².